The summed E-state index contributed by atoms with van der Waals surface area (Å²) in [6.07, 6.45) is 1.93. The summed E-state index contributed by atoms with van der Waals surface area (Å²) in [5.41, 5.74) is 5.10. The Balaban J connectivity index is 1.95. The molecule has 0 aliphatic rings. The van der Waals surface area contributed by atoms with Crippen LogP contribution in [-0.2, 0) is 10.8 Å². The van der Waals surface area contributed by atoms with Gasteiger partial charge < -0.3 is 10.2 Å². The van der Waals surface area contributed by atoms with E-state index in [0.717, 1.165) is 27.6 Å². The summed E-state index contributed by atoms with van der Waals surface area (Å²) < 4.78 is 1.75. The number of aliphatic hydroxyl groups is 1. The molecule has 170 valence electrons. The first-order valence-corrected chi connectivity index (χ1v) is 11.1. The smallest absolute Gasteiger partial charge is 0.144 e. The molecule has 2 aromatic heterocycles. The molecule has 4 aromatic rings. The molecule has 0 fully saturated rings. The lowest BCUT2D eigenvalue weighted by Gasteiger charge is -2.27. The molecule has 33 heavy (non-hydrogen) atoms. The molecule has 2 aromatic carbocycles. The summed E-state index contributed by atoms with van der Waals surface area (Å²) >= 11 is 0. The number of hydrogen-bond acceptors (Lipinski definition) is 4. The number of rotatable bonds is 3. The lowest BCUT2D eigenvalue weighted by Crippen LogP contribution is -2.18. The Hall–Kier alpha value is -3.60. The summed E-state index contributed by atoms with van der Waals surface area (Å²) in [7, 11) is 0. The molecule has 0 unspecified atom stereocenters. The second-order valence-corrected chi connectivity index (χ2v) is 10.6. The van der Waals surface area contributed by atoms with Gasteiger partial charge in [-0.15, -0.1) is 0 Å². The van der Waals surface area contributed by atoms with Crippen LogP contribution in [0.25, 0.3) is 33.6 Å². The third-order valence-electron chi connectivity index (χ3n) is 5.87. The summed E-state index contributed by atoms with van der Waals surface area (Å²) in [5, 5.41) is 26.8. The predicted octanol–water partition coefficient (Wildman–Crippen LogP) is 6.92. The fraction of sp³-hybridized carbons (Fsp3) is 0.286. The lowest BCUT2D eigenvalue weighted by molar-refractivity contribution is 0.440. The largest absolute Gasteiger partial charge is 0.506 e. The molecule has 0 bridgehead atoms. The van der Waals surface area contributed by atoms with Gasteiger partial charge in [0.05, 0.1) is 5.69 Å². The summed E-state index contributed by atoms with van der Waals surface area (Å²) in [5.74, 6) is 0.162. The Morgan fingerprint density at radius 1 is 0.939 bits per heavy atom. The van der Waals surface area contributed by atoms with Crippen molar-refractivity contribution >= 4 is 16.7 Å². The van der Waals surface area contributed by atoms with Crippen molar-refractivity contribution in [3.05, 3.63) is 78.1 Å². The van der Waals surface area contributed by atoms with Gasteiger partial charge in [0.25, 0.3) is 0 Å². The molecular formula is C28H31N3O2. The third-order valence-corrected chi connectivity index (χ3v) is 5.87. The molecular weight excluding hydrogens is 410 g/mol. The lowest BCUT2D eigenvalue weighted by atomic mass is 9.79. The van der Waals surface area contributed by atoms with E-state index >= 15 is 0 Å². The van der Waals surface area contributed by atoms with Gasteiger partial charge in [-0.2, -0.15) is 5.10 Å². The van der Waals surface area contributed by atoms with E-state index in [0.29, 0.717) is 17.1 Å². The second kappa shape index (κ2) is 7.77. The summed E-state index contributed by atoms with van der Waals surface area (Å²) in [6.45, 7) is 16.4. The predicted molar refractivity (Wildman–Crippen MR) is 135 cm³/mol. The van der Waals surface area contributed by atoms with E-state index in [-0.39, 0.29) is 22.3 Å². The number of benzene rings is 2. The van der Waals surface area contributed by atoms with E-state index in [4.69, 9.17) is 5.10 Å². The maximum absolute atomic E-state index is 11.3. The molecule has 0 radical (unpaired) electrons. The van der Waals surface area contributed by atoms with E-state index in [1.54, 1.807) is 10.7 Å². The van der Waals surface area contributed by atoms with Crippen molar-refractivity contribution in [1.82, 2.24) is 14.8 Å². The van der Waals surface area contributed by atoms with Gasteiger partial charge >= 0.3 is 0 Å². The van der Waals surface area contributed by atoms with E-state index < -0.39 is 0 Å². The van der Waals surface area contributed by atoms with Gasteiger partial charge in [0, 0.05) is 22.7 Å². The van der Waals surface area contributed by atoms with E-state index in [9.17, 15) is 10.2 Å². The molecule has 4 rings (SSSR count). The second-order valence-electron chi connectivity index (χ2n) is 10.6. The molecule has 0 aliphatic heterocycles. The summed E-state index contributed by atoms with van der Waals surface area (Å²) in [6, 6.07) is 15.5. The standard InChI is InChI=1S/C28H31N3O2/c1-17(32)22-12-9-13-23(29-22)20-11-8-10-18-16-31(30-25(18)20)24-15-19(27(2,3)4)14-21(26(24)33)28(5,6)7/h8-16,32-33H,1H2,2-7H3. The first kappa shape index (κ1) is 22.6. The molecule has 0 atom stereocenters. The number of pyridine rings is 1. The average Bonchev–Trinajstić information content (AvgIpc) is 3.16. The molecule has 0 amide bonds. The van der Waals surface area contributed by atoms with Crippen molar-refractivity contribution in [2.45, 2.75) is 52.4 Å². The zero-order chi connectivity index (χ0) is 24.1. The highest BCUT2D eigenvalue weighted by molar-refractivity contribution is 5.93. The molecule has 5 nitrogen and oxygen atoms in total. The number of aromatic nitrogens is 3. The van der Waals surface area contributed by atoms with E-state index in [2.05, 4.69) is 59.2 Å². The van der Waals surface area contributed by atoms with Crippen LogP contribution in [0.15, 0.2) is 61.3 Å². The van der Waals surface area contributed by atoms with Gasteiger partial charge in [0.15, 0.2) is 0 Å². The van der Waals surface area contributed by atoms with Crippen LogP contribution in [0.5, 0.6) is 5.75 Å². The number of hydrogen-bond donors (Lipinski definition) is 2. The maximum atomic E-state index is 11.3. The Labute approximate surface area is 195 Å². The zero-order valence-electron chi connectivity index (χ0n) is 20.1. The fourth-order valence-corrected chi connectivity index (χ4v) is 3.92. The topological polar surface area (TPSA) is 71.2 Å². The minimum atomic E-state index is -0.227. The minimum absolute atomic E-state index is 0.0758. The molecule has 0 saturated carbocycles. The third kappa shape index (κ3) is 4.23. The SMILES string of the molecule is C=C(O)c1cccc(-c2cccc3cn(-c4cc(C(C)(C)C)cc(C(C)(C)C)c4O)nc23)n1. The molecule has 0 spiro atoms. The van der Waals surface area contributed by atoms with Gasteiger partial charge in [-0.05, 0) is 34.6 Å². The van der Waals surface area contributed by atoms with Crippen molar-refractivity contribution < 1.29 is 10.2 Å². The van der Waals surface area contributed by atoms with Crippen molar-refractivity contribution in [3.8, 4) is 22.7 Å². The zero-order valence-corrected chi connectivity index (χ0v) is 20.1. The summed E-state index contributed by atoms with van der Waals surface area (Å²) in [4.78, 5) is 4.54. The number of aliphatic hydroxyl groups excluding tert-OH is 1. The quantitative estimate of drug-likeness (QED) is 0.339. The van der Waals surface area contributed by atoms with Crippen LogP contribution in [0.2, 0.25) is 0 Å². The number of aromatic hydroxyl groups is 1. The van der Waals surface area contributed by atoms with Gasteiger partial charge in [-0.1, -0.05) is 78.5 Å². The van der Waals surface area contributed by atoms with Crippen molar-refractivity contribution in [3.63, 3.8) is 0 Å². The molecule has 5 heteroatoms. The van der Waals surface area contributed by atoms with E-state index in [1.165, 1.54) is 0 Å². The fourth-order valence-electron chi connectivity index (χ4n) is 3.92. The normalized spacial score (nSPS) is 12.3. The van der Waals surface area contributed by atoms with Crippen LogP contribution in [0.3, 0.4) is 0 Å². The van der Waals surface area contributed by atoms with Crippen molar-refractivity contribution in [1.29, 1.82) is 0 Å². The van der Waals surface area contributed by atoms with Gasteiger partial charge in [0.2, 0.25) is 0 Å². The van der Waals surface area contributed by atoms with Crippen LogP contribution in [0.1, 0.15) is 58.4 Å². The highest BCUT2D eigenvalue weighted by atomic mass is 16.3. The number of nitrogens with zero attached hydrogens (tertiary/aromatic N) is 3. The minimum Gasteiger partial charge on any atom is -0.506 e. The number of phenols is 1. The Morgan fingerprint density at radius 3 is 2.27 bits per heavy atom. The maximum Gasteiger partial charge on any atom is 0.144 e. The van der Waals surface area contributed by atoms with Crippen LogP contribution in [0, 0.1) is 0 Å². The Kier molecular flexibility index (Phi) is 5.32. The highest BCUT2D eigenvalue weighted by Gasteiger charge is 2.26. The van der Waals surface area contributed by atoms with E-state index in [1.807, 2.05) is 42.6 Å². The van der Waals surface area contributed by atoms with Gasteiger partial charge in [-0.3, -0.25) is 0 Å². The average molecular weight is 442 g/mol. The Morgan fingerprint density at radius 2 is 1.64 bits per heavy atom. The van der Waals surface area contributed by atoms with Crippen LogP contribution in [-0.4, -0.2) is 25.0 Å². The van der Waals surface area contributed by atoms with Crippen LogP contribution in [0.4, 0.5) is 0 Å². The van der Waals surface area contributed by atoms with Crippen molar-refractivity contribution in [2.24, 2.45) is 0 Å². The van der Waals surface area contributed by atoms with Crippen LogP contribution < -0.4 is 0 Å². The number of fused-ring (bicyclic) bond motifs is 1. The first-order chi connectivity index (χ1) is 15.4. The van der Waals surface area contributed by atoms with Gasteiger partial charge in [0.1, 0.15) is 28.4 Å². The van der Waals surface area contributed by atoms with Crippen LogP contribution >= 0.6 is 0 Å². The molecule has 0 aliphatic carbocycles. The molecule has 2 N–H and O–H groups in total. The number of phenolic OH excluding ortho intramolecular Hbond substituents is 1. The first-order valence-electron chi connectivity index (χ1n) is 11.1. The van der Waals surface area contributed by atoms with Crippen molar-refractivity contribution in [2.75, 3.05) is 0 Å². The Bertz CT molecular complexity index is 1370. The van der Waals surface area contributed by atoms with Gasteiger partial charge in [-0.25, -0.2) is 9.67 Å². The molecule has 2 heterocycles. The highest BCUT2D eigenvalue weighted by Crippen LogP contribution is 2.40. The molecule has 0 saturated heterocycles. The monoisotopic (exact) mass is 441 g/mol.